The summed E-state index contributed by atoms with van der Waals surface area (Å²) in [7, 11) is 0. The third-order valence-electron chi connectivity index (χ3n) is 5.08. The number of carbonyl (C=O) groups is 1. The Morgan fingerprint density at radius 3 is 2.37 bits per heavy atom. The van der Waals surface area contributed by atoms with Crippen molar-refractivity contribution in [3.05, 3.63) is 71.2 Å². The van der Waals surface area contributed by atoms with Crippen molar-refractivity contribution >= 4 is 29.0 Å². The predicted molar refractivity (Wildman–Crippen MR) is 117 cm³/mol. The Bertz CT molecular complexity index is 1060. The number of halogens is 1. The summed E-state index contributed by atoms with van der Waals surface area (Å²) in [5.74, 6) is 0.743. The highest BCUT2D eigenvalue weighted by molar-refractivity contribution is 6.04. The second-order valence-corrected chi connectivity index (χ2v) is 7.51. The molecule has 1 amide bonds. The monoisotopic (exact) mass is 405 g/mol. The molecular weight excluding hydrogens is 381 g/mol. The van der Waals surface area contributed by atoms with E-state index in [-0.39, 0.29) is 11.5 Å². The molecule has 6 nitrogen and oxygen atoms in total. The van der Waals surface area contributed by atoms with E-state index in [1.54, 1.807) is 31.2 Å². The number of nitrogens with zero attached hydrogens (tertiary/aromatic N) is 3. The number of hydrogen-bond donors (Lipinski definition) is 2. The minimum atomic E-state index is -0.393. The van der Waals surface area contributed by atoms with Crippen LogP contribution in [0.15, 0.2) is 48.5 Å². The number of carbonyl (C=O) groups excluding carboxylic acids is 1. The van der Waals surface area contributed by atoms with Crippen LogP contribution in [0, 0.1) is 19.7 Å². The average Bonchev–Trinajstić information content (AvgIpc) is 3.26. The largest absolute Gasteiger partial charge is 0.341 e. The van der Waals surface area contributed by atoms with E-state index in [1.165, 1.54) is 18.9 Å². The lowest BCUT2D eigenvalue weighted by molar-refractivity contribution is 0.102. The number of nitrogens with one attached hydrogen (secondary N) is 2. The van der Waals surface area contributed by atoms with E-state index in [4.69, 9.17) is 0 Å². The standard InChI is InChI=1S/C23H24FN5O/c1-15-5-6-17(14-20(15)24)22(30)27-19-9-7-18(8-10-19)26-21-13-16(2)25-23(28-21)29-11-3-4-12-29/h5-10,13-14H,3-4,11-12H2,1-2H3,(H,27,30)(H,25,26,28). The molecule has 2 N–H and O–H groups in total. The van der Waals surface area contributed by atoms with Gasteiger partial charge in [-0.15, -0.1) is 0 Å². The van der Waals surface area contributed by atoms with Gasteiger partial charge in [-0.05, 0) is 68.7 Å². The highest BCUT2D eigenvalue weighted by Gasteiger charge is 2.16. The third-order valence-corrected chi connectivity index (χ3v) is 5.08. The lowest BCUT2D eigenvalue weighted by Crippen LogP contribution is -2.21. The zero-order valence-electron chi connectivity index (χ0n) is 17.1. The van der Waals surface area contributed by atoms with Crippen LogP contribution in [0.3, 0.4) is 0 Å². The van der Waals surface area contributed by atoms with Gasteiger partial charge in [0.2, 0.25) is 5.95 Å². The average molecular weight is 405 g/mol. The van der Waals surface area contributed by atoms with Crippen molar-refractivity contribution in [2.75, 3.05) is 28.6 Å². The van der Waals surface area contributed by atoms with Gasteiger partial charge in [0.15, 0.2) is 0 Å². The number of benzene rings is 2. The van der Waals surface area contributed by atoms with Crippen LogP contribution >= 0.6 is 0 Å². The van der Waals surface area contributed by atoms with E-state index >= 15 is 0 Å². The lowest BCUT2D eigenvalue weighted by Gasteiger charge is -2.17. The van der Waals surface area contributed by atoms with Gasteiger partial charge in [0, 0.05) is 41.8 Å². The van der Waals surface area contributed by atoms with Crippen LogP contribution in [0.5, 0.6) is 0 Å². The molecule has 2 aromatic carbocycles. The van der Waals surface area contributed by atoms with Crippen LogP contribution in [0.4, 0.5) is 27.5 Å². The van der Waals surface area contributed by atoms with Gasteiger partial charge in [-0.25, -0.2) is 9.37 Å². The Kier molecular flexibility index (Phi) is 5.61. The third kappa shape index (κ3) is 4.56. The van der Waals surface area contributed by atoms with Crippen LogP contribution in [0.1, 0.15) is 34.5 Å². The Morgan fingerprint density at radius 2 is 1.67 bits per heavy atom. The Labute approximate surface area is 175 Å². The number of aromatic nitrogens is 2. The Hall–Kier alpha value is -3.48. The van der Waals surface area contributed by atoms with Crippen molar-refractivity contribution in [1.29, 1.82) is 0 Å². The molecule has 0 unspecified atom stereocenters. The number of amides is 1. The Morgan fingerprint density at radius 1 is 0.967 bits per heavy atom. The van der Waals surface area contributed by atoms with Gasteiger partial charge < -0.3 is 15.5 Å². The van der Waals surface area contributed by atoms with Gasteiger partial charge >= 0.3 is 0 Å². The fourth-order valence-corrected chi connectivity index (χ4v) is 3.40. The SMILES string of the molecule is Cc1cc(Nc2ccc(NC(=O)c3ccc(C)c(F)c3)cc2)nc(N2CCCC2)n1. The van der Waals surface area contributed by atoms with E-state index in [0.29, 0.717) is 11.3 Å². The smallest absolute Gasteiger partial charge is 0.255 e. The summed E-state index contributed by atoms with van der Waals surface area (Å²) in [4.78, 5) is 23.7. The van der Waals surface area contributed by atoms with Crippen LogP contribution in [-0.2, 0) is 0 Å². The van der Waals surface area contributed by atoms with E-state index in [2.05, 4.69) is 25.5 Å². The lowest BCUT2D eigenvalue weighted by atomic mass is 10.1. The van der Waals surface area contributed by atoms with Crippen molar-refractivity contribution in [3.8, 4) is 0 Å². The van der Waals surface area contributed by atoms with Crippen LogP contribution < -0.4 is 15.5 Å². The molecular formula is C23H24FN5O. The first-order valence-corrected chi connectivity index (χ1v) is 10.0. The van der Waals surface area contributed by atoms with E-state index < -0.39 is 5.82 Å². The van der Waals surface area contributed by atoms with Crippen molar-refractivity contribution in [2.45, 2.75) is 26.7 Å². The second kappa shape index (κ2) is 8.49. The number of rotatable bonds is 5. The maximum atomic E-state index is 13.7. The normalized spacial score (nSPS) is 13.4. The minimum Gasteiger partial charge on any atom is -0.341 e. The molecule has 1 aliphatic heterocycles. The van der Waals surface area contributed by atoms with Crippen molar-refractivity contribution in [2.24, 2.45) is 0 Å². The summed E-state index contributed by atoms with van der Waals surface area (Å²) in [6.07, 6.45) is 2.34. The topological polar surface area (TPSA) is 70.2 Å². The zero-order chi connectivity index (χ0) is 21.1. The summed E-state index contributed by atoms with van der Waals surface area (Å²) in [6.45, 7) is 5.60. The fourth-order valence-electron chi connectivity index (χ4n) is 3.40. The predicted octanol–water partition coefficient (Wildman–Crippen LogP) is 4.83. The maximum Gasteiger partial charge on any atom is 0.255 e. The van der Waals surface area contributed by atoms with Gasteiger partial charge in [-0.1, -0.05) is 6.07 Å². The summed E-state index contributed by atoms with van der Waals surface area (Å²) < 4.78 is 13.7. The molecule has 1 saturated heterocycles. The molecule has 1 aromatic heterocycles. The maximum absolute atomic E-state index is 13.7. The molecule has 0 radical (unpaired) electrons. The van der Waals surface area contributed by atoms with Gasteiger partial charge in [0.25, 0.3) is 5.91 Å². The van der Waals surface area contributed by atoms with Gasteiger partial charge in [-0.3, -0.25) is 4.79 Å². The van der Waals surface area contributed by atoms with E-state index in [1.807, 2.05) is 25.1 Å². The summed E-state index contributed by atoms with van der Waals surface area (Å²) in [5, 5.41) is 6.08. The highest BCUT2D eigenvalue weighted by Crippen LogP contribution is 2.22. The van der Waals surface area contributed by atoms with E-state index in [0.717, 1.165) is 36.2 Å². The molecule has 1 aliphatic rings. The number of anilines is 4. The first-order valence-electron chi connectivity index (χ1n) is 10.0. The number of aryl methyl sites for hydroxylation is 2. The van der Waals surface area contributed by atoms with Gasteiger partial charge in [0.1, 0.15) is 11.6 Å². The summed E-state index contributed by atoms with van der Waals surface area (Å²) >= 11 is 0. The first-order chi connectivity index (χ1) is 14.5. The van der Waals surface area contributed by atoms with Crippen molar-refractivity contribution in [3.63, 3.8) is 0 Å². The highest BCUT2D eigenvalue weighted by atomic mass is 19.1. The number of hydrogen-bond acceptors (Lipinski definition) is 5. The molecule has 0 bridgehead atoms. The van der Waals surface area contributed by atoms with Crippen molar-refractivity contribution < 1.29 is 9.18 Å². The molecule has 0 aliphatic carbocycles. The van der Waals surface area contributed by atoms with Gasteiger partial charge in [-0.2, -0.15) is 4.98 Å². The molecule has 30 heavy (non-hydrogen) atoms. The van der Waals surface area contributed by atoms with Crippen LogP contribution in [0.2, 0.25) is 0 Å². The molecule has 2 heterocycles. The molecule has 0 spiro atoms. The first kappa shape index (κ1) is 19.8. The molecule has 1 fully saturated rings. The van der Waals surface area contributed by atoms with Gasteiger partial charge in [0.05, 0.1) is 0 Å². The molecule has 0 saturated carbocycles. The van der Waals surface area contributed by atoms with Crippen LogP contribution in [-0.4, -0.2) is 29.0 Å². The van der Waals surface area contributed by atoms with Crippen LogP contribution in [0.25, 0.3) is 0 Å². The molecule has 0 atom stereocenters. The second-order valence-electron chi connectivity index (χ2n) is 7.51. The molecule has 7 heteroatoms. The molecule has 3 aromatic rings. The molecule has 154 valence electrons. The zero-order valence-corrected chi connectivity index (χ0v) is 17.1. The Balaban J connectivity index is 1.43. The fraction of sp³-hybridized carbons (Fsp3) is 0.261. The summed E-state index contributed by atoms with van der Waals surface area (Å²) in [5.41, 5.74) is 3.17. The minimum absolute atomic E-state index is 0.284. The van der Waals surface area contributed by atoms with Crippen molar-refractivity contribution in [1.82, 2.24) is 9.97 Å². The molecule has 4 rings (SSSR count). The quantitative estimate of drug-likeness (QED) is 0.636. The van der Waals surface area contributed by atoms with E-state index in [9.17, 15) is 9.18 Å². The summed E-state index contributed by atoms with van der Waals surface area (Å²) in [6, 6.07) is 13.7.